The first-order valence-electron chi connectivity index (χ1n) is 6.55. The number of hydrogen-bond acceptors (Lipinski definition) is 4. The lowest BCUT2D eigenvalue weighted by atomic mass is 10.2. The molecule has 1 N–H and O–H groups in total. The van der Waals surface area contributed by atoms with Crippen LogP contribution in [0.3, 0.4) is 0 Å². The van der Waals surface area contributed by atoms with Crippen LogP contribution in [0, 0.1) is 11.6 Å². The molecule has 120 valence electrons. The van der Waals surface area contributed by atoms with E-state index < -0.39 is 35.7 Å². The molecular formula is C16H13F2NO4. The van der Waals surface area contributed by atoms with Crippen LogP contribution in [-0.4, -0.2) is 25.6 Å². The predicted molar refractivity (Wildman–Crippen MR) is 78.3 cm³/mol. The lowest BCUT2D eigenvalue weighted by Crippen LogP contribution is -2.21. The van der Waals surface area contributed by atoms with Gasteiger partial charge in [0.2, 0.25) is 0 Å². The first-order valence-corrected chi connectivity index (χ1v) is 6.55. The summed E-state index contributed by atoms with van der Waals surface area (Å²) < 4.78 is 36.1. The zero-order valence-corrected chi connectivity index (χ0v) is 12.1. The van der Waals surface area contributed by atoms with Crippen LogP contribution in [0.5, 0.6) is 5.75 Å². The fourth-order valence-corrected chi connectivity index (χ4v) is 1.76. The molecule has 0 spiro atoms. The van der Waals surface area contributed by atoms with Crippen molar-refractivity contribution < 1.29 is 27.8 Å². The maximum atomic E-state index is 13.4. The third kappa shape index (κ3) is 4.50. The van der Waals surface area contributed by atoms with E-state index in [2.05, 4.69) is 10.1 Å². The highest BCUT2D eigenvalue weighted by Gasteiger charge is 2.16. The van der Waals surface area contributed by atoms with E-state index in [1.54, 1.807) is 24.3 Å². The number of benzene rings is 2. The van der Waals surface area contributed by atoms with E-state index in [1.165, 1.54) is 7.11 Å². The summed E-state index contributed by atoms with van der Waals surface area (Å²) in [6, 6.07) is 8.95. The number of nitrogens with one attached hydrogen (secondary N) is 1. The normalized spacial score (nSPS) is 10.0. The molecule has 0 saturated heterocycles. The number of methoxy groups -OCH3 is 1. The summed E-state index contributed by atoms with van der Waals surface area (Å²) in [6.45, 7) is -0.633. The lowest BCUT2D eigenvalue weighted by Gasteiger charge is -2.08. The molecule has 0 aliphatic heterocycles. The molecule has 1 amide bonds. The first-order chi connectivity index (χ1) is 11.0. The molecule has 0 atom stereocenters. The molecule has 0 aliphatic carbocycles. The molecule has 0 saturated carbocycles. The van der Waals surface area contributed by atoms with Gasteiger partial charge in [0.05, 0.1) is 12.7 Å². The predicted octanol–water partition coefficient (Wildman–Crippen LogP) is 2.77. The van der Waals surface area contributed by atoms with E-state index in [1.807, 2.05) is 0 Å². The maximum absolute atomic E-state index is 13.4. The van der Waals surface area contributed by atoms with Crippen LogP contribution < -0.4 is 10.1 Å². The van der Waals surface area contributed by atoms with Crippen LogP contribution in [-0.2, 0) is 9.53 Å². The van der Waals surface area contributed by atoms with Gasteiger partial charge in [0.15, 0.2) is 6.61 Å². The fourth-order valence-electron chi connectivity index (χ4n) is 1.76. The summed E-state index contributed by atoms with van der Waals surface area (Å²) >= 11 is 0. The van der Waals surface area contributed by atoms with Crippen LogP contribution in [0.4, 0.5) is 14.5 Å². The minimum atomic E-state index is -1.12. The Hall–Kier alpha value is -2.96. The van der Waals surface area contributed by atoms with Gasteiger partial charge in [-0.3, -0.25) is 4.79 Å². The molecule has 0 heterocycles. The molecular weight excluding hydrogens is 308 g/mol. The molecule has 23 heavy (non-hydrogen) atoms. The van der Waals surface area contributed by atoms with E-state index >= 15 is 0 Å². The highest BCUT2D eigenvalue weighted by molar-refractivity contribution is 5.95. The molecule has 2 rings (SSSR count). The number of esters is 1. The Bertz CT molecular complexity index is 734. The van der Waals surface area contributed by atoms with E-state index in [4.69, 9.17) is 4.74 Å². The Morgan fingerprint density at radius 2 is 1.91 bits per heavy atom. The van der Waals surface area contributed by atoms with Crippen molar-refractivity contribution in [2.45, 2.75) is 0 Å². The minimum absolute atomic E-state index is 0.447. The summed E-state index contributed by atoms with van der Waals surface area (Å²) in [5.41, 5.74) is -0.124. The van der Waals surface area contributed by atoms with Gasteiger partial charge < -0.3 is 14.8 Å². The largest absolute Gasteiger partial charge is 0.497 e. The van der Waals surface area contributed by atoms with Gasteiger partial charge in [0, 0.05) is 11.8 Å². The number of carbonyl (C=O) groups is 2. The van der Waals surface area contributed by atoms with Crippen molar-refractivity contribution >= 4 is 17.6 Å². The van der Waals surface area contributed by atoms with Crippen LogP contribution >= 0.6 is 0 Å². The van der Waals surface area contributed by atoms with Gasteiger partial charge in [-0.25, -0.2) is 13.6 Å². The highest BCUT2D eigenvalue weighted by atomic mass is 19.1. The second-order valence-corrected chi connectivity index (χ2v) is 4.48. The van der Waals surface area contributed by atoms with Crippen LogP contribution in [0.25, 0.3) is 0 Å². The summed E-state index contributed by atoms with van der Waals surface area (Å²) in [6.07, 6.45) is 0. The topological polar surface area (TPSA) is 64.6 Å². The minimum Gasteiger partial charge on any atom is -0.497 e. The van der Waals surface area contributed by atoms with E-state index in [0.29, 0.717) is 17.5 Å². The van der Waals surface area contributed by atoms with E-state index in [9.17, 15) is 18.4 Å². The molecule has 0 aromatic heterocycles. The second kappa shape index (κ2) is 7.35. The molecule has 7 heteroatoms. The molecule has 2 aromatic carbocycles. The second-order valence-electron chi connectivity index (χ2n) is 4.48. The standard InChI is InChI=1S/C16H13F2NO4/c1-22-12-4-2-3-11(8-12)19-15(20)9-23-16(21)13-7-10(17)5-6-14(13)18/h2-8H,9H2,1H3,(H,19,20). The molecule has 0 aliphatic rings. The molecule has 5 nitrogen and oxygen atoms in total. The molecule has 2 aromatic rings. The van der Waals surface area contributed by atoms with Gasteiger partial charge in [0.25, 0.3) is 5.91 Å². The van der Waals surface area contributed by atoms with Crippen molar-refractivity contribution in [2.75, 3.05) is 19.0 Å². The van der Waals surface area contributed by atoms with Crippen molar-refractivity contribution in [3.05, 3.63) is 59.7 Å². The van der Waals surface area contributed by atoms with Crippen molar-refractivity contribution in [3.63, 3.8) is 0 Å². The highest BCUT2D eigenvalue weighted by Crippen LogP contribution is 2.16. The molecule has 0 unspecified atom stereocenters. The molecule has 0 fully saturated rings. The quantitative estimate of drug-likeness (QED) is 0.860. The van der Waals surface area contributed by atoms with Gasteiger partial charge in [-0.2, -0.15) is 0 Å². The summed E-state index contributed by atoms with van der Waals surface area (Å²) in [5, 5.41) is 2.49. The van der Waals surface area contributed by atoms with Crippen LogP contribution in [0.15, 0.2) is 42.5 Å². The van der Waals surface area contributed by atoms with E-state index in [0.717, 1.165) is 12.1 Å². The SMILES string of the molecule is COc1cccc(NC(=O)COC(=O)c2cc(F)ccc2F)c1. The van der Waals surface area contributed by atoms with Crippen LogP contribution in [0.2, 0.25) is 0 Å². The number of amides is 1. The Labute approximate surface area is 130 Å². The molecule has 0 radical (unpaired) electrons. The van der Waals surface area contributed by atoms with Crippen molar-refractivity contribution in [1.82, 2.24) is 0 Å². The smallest absolute Gasteiger partial charge is 0.341 e. The van der Waals surface area contributed by atoms with Crippen LogP contribution in [0.1, 0.15) is 10.4 Å². The Morgan fingerprint density at radius 1 is 1.13 bits per heavy atom. The number of carbonyl (C=O) groups excluding carboxylic acids is 2. The lowest BCUT2D eigenvalue weighted by molar-refractivity contribution is -0.119. The third-order valence-corrected chi connectivity index (χ3v) is 2.84. The number of ether oxygens (including phenoxy) is 2. The van der Waals surface area contributed by atoms with Crippen molar-refractivity contribution in [3.8, 4) is 5.75 Å². The van der Waals surface area contributed by atoms with Gasteiger partial charge >= 0.3 is 5.97 Å². The van der Waals surface area contributed by atoms with Gasteiger partial charge in [0.1, 0.15) is 17.4 Å². The number of hydrogen-bond donors (Lipinski definition) is 1. The number of rotatable bonds is 5. The first kappa shape index (κ1) is 16.4. The number of halogens is 2. The molecule has 0 bridgehead atoms. The summed E-state index contributed by atoms with van der Waals surface area (Å²) in [7, 11) is 1.48. The third-order valence-electron chi connectivity index (χ3n) is 2.84. The zero-order chi connectivity index (χ0) is 16.8. The van der Waals surface area contributed by atoms with E-state index in [-0.39, 0.29) is 0 Å². The number of anilines is 1. The summed E-state index contributed by atoms with van der Waals surface area (Å²) in [4.78, 5) is 23.3. The Kier molecular flexibility index (Phi) is 5.24. The Morgan fingerprint density at radius 3 is 2.65 bits per heavy atom. The van der Waals surface area contributed by atoms with Gasteiger partial charge in [-0.05, 0) is 30.3 Å². The summed E-state index contributed by atoms with van der Waals surface area (Å²) in [5.74, 6) is -2.91. The monoisotopic (exact) mass is 321 g/mol. The average Bonchev–Trinajstić information content (AvgIpc) is 2.55. The van der Waals surface area contributed by atoms with Gasteiger partial charge in [-0.15, -0.1) is 0 Å². The maximum Gasteiger partial charge on any atom is 0.341 e. The fraction of sp³-hybridized carbons (Fsp3) is 0.125. The van der Waals surface area contributed by atoms with Gasteiger partial charge in [-0.1, -0.05) is 6.07 Å². The average molecular weight is 321 g/mol. The van der Waals surface area contributed by atoms with Crippen molar-refractivity contribution in [1.29, 1.82) is 0 Å². The van der Waals surface area contributed by atoms with Crippen molar-refractivity contribution in [2.24, 2.45) is 0 Å². The Balaban J connectivity index is 1.93. The zero-order valence-electron chi connectivity index (χ0n) is 12.1.